The fourth-order valence-corrected chi connectivity index (χ4v) is 7.10. The Morgan fingerprint density at radius 2 is 0.808 bits per heavy atom. The first kappa shape index (κ1) is 31.1. The number of para-hydroxylation sites is 3. The van der Waals surface area contributed by atoms with Crippen LogP contribution in [0.1, 0.15) is 0 Å². The van der Waals surface area contributed by atoms with Crippen molar-refractivity contribution in [1.29, 1.82) is 0 Å². The fourth-order valence-electron chi connectivity index (χ4n) is 7.10. The first-order valence-corrected chi connectivity index (χ1v) is 17.7. The SMILES string of the molecule is c1ccc(-c2ccc(-c3ccccc3N(c3ccccc3)c3ccc(-c4ccc(-c5ccccc5)c(-c5cc6ccccc6o5)c4)cc3)cc2)cc1. The van der Waals surface area contributed by atoms with Gasteiger partial charge in [0.05, 0.1) is 5.69 Å². The topological polar surface area (TPSA) is 16.4 Å². The van der Waals surface area contributed by atoms with E-state index in [4.69, 9.17) is 4.42 Å². The second kappa shape index (κ2) is 13.8. The van der Waals surface area contributed by atoms with E-state index < -0.39 is 0 Å². The number of hydrogen-bond donors (Lipinski definition) is 0. The van der Waals surface area contributed by atoms with Crippen molar-refractivity contribution in [2.24, 2.45) is 0 Å². The zero-order valence-electron chi connectivity index (χ0n) is 28.6. The lowest BCUT2D eigenvalue weighted by Gasteiger charge is -2.28. The molecule has 9 aromatic rings. The molecule has 0 unspecified atom stereocenters. The number of nitrogens with zero attached hydrogens (tertiary/aromatic N) is 1. The van der Waals surface area contributed by atoms with Gasteiger partial charge in [-0.05, 0) is 87.5 Å². The summed E-state index contributed by atoms with van der Waals surface area (Å²) in [5.41, 5.74) is 14.6. The summed E-state index contributed by atoms with van der Waals surface area (Å²) in [6.07, 6.45) is 0. The molecule has 1 heterocycles. The van der Waals surface area contributed by atoms with Crippen molar-refractivity contribution in [3.05, 3.63) is 212 Å². The van der Waals surface area contributed by atoms with Gasteiger partial charge in [0.2, 0.25) is 0 Å². The Kier molecular flexibility index (Phi) is 8.24. The maximum atomic E-state index is 6.43. The molecule has 0 saturated carbocycles. The van der Waals surface area contributed by atoms with Gasteiger partial charge in [0.1, 0.15) is 11.3 Å². The van der Waals surface area contributed by atoms with Gasteiger partial charge in [-0.15, -0.1) is 0 Å². The summed E-state index contributed by atoms with van der Waals surface area (Å²) in [4.78, 5) is 2.35. The van der Waals surface area contributed by atoms with Gasteiger partial charge < -0.3 is 9.32 Å². The molecule has 0 spiro atoms. The van der Waals surface area contributed by atoms with Gasteiger partial charge in [0.15, 0.2) is 0 Å². The van der Waals surface area contributed by atoms with Crippen molar-refractivity contribution in [3.63, 3.8) is 0 Å². The van der Waals surface area contributed by atoms with Gasteiger partial charge in [-0.25, -0.2) is 0 Å². The van der Waals surface area contributed by atoms with E-state index >= 15 is 0 Å². The molecular formula is C50H35NO. The Bertz CT molecular complexity index is 2560. The monoisotopic (exact) mass is 665 g/mol. The highest BCUT2D eigenvalue weighted by Gasteiger charge is 2.18. The Morgan fingerprint density at radius 1 is 0.308 bits per heavy atom. The lowest BCUT2D eigenvalue weighted by molar-refractivity contribution is 0.632. The van der Waals surface area contributed by atoms with Crippen LogP contribution in [-0.2, 0) is 0 Å². The summed E-state index contributed by atoms with van der Waals surface area (Å²) < 4.78 is 6.43. The maximum Gasteiger partial charge on any atom is 0.136 e. The van der Waals surface area contributed by atoms with Crippen LogP contribution in [0.4, 0.5) is 17.1 Å². The van der Waals surface area contributed by atoms with E-state index in [0.29, 0.717) is 0 Å². The Morgan fingerprint density at radius 3 is 1.54 bits per heavy atom. The average Bonchev–Trinajstić information content (AvgIpc) is 3.67. The Labute approximate surface area is 304 Å². The van der Waals surface area contributed by atoms with E-state index in [2.05, 4.69) is 205 Å². The van der Waals surface area contributed by atoms with Gasteiger partial charge >= 0.3 is 0 Å². The molecule has 0 atom stereocenters. The van der Waals surface area contributed by atoms with Crippen molar-refractivity contribution in [2.45, 2.75) is 0 Å². The molecule has 52 heavy (non-hydrogen) atoms. The van der Waals surface area contributed by atoms with Crippen molar-refractivity contribution in [3.8, 4) is 55.8 Å². The number of fused-ring (bicyclic) bond motifs is 1. The van der Waals surface area contributed by atoms with E-state index in [9.17, 15) is 0 Å². The first-order chi connectivity index (χ1) is 25.8. The van der Waals surface area contributed by atoms with Crippen LogP contribution in [0.2, 0.25) is 0 Å². The third kappa shape index (κ3) is 6.08. The maximum absolute atomic E-state index is 6.43. The van der Waals surface area contributed by atoms with Gasteiger partial charge in [-0.3, -0.25) is 0 Å². The minimum absolute atomic E-state index is 0.863. The lowest BCUT2D eigenvalue weighted by atomic mass is 9.93. The summed E-state index contributed by atoms with van der Waals surface area (Å²) in [5.74, 6) is 0.863. The number of furan rings is 1. The molecule has 0 amide bonds. The fraction of sp³-hybridized carbons (Fsp3) is 0. The van der Waals surface area contributed by atoms with E-state index in [-0.39, 0.29) is 0 Å². The molecule has 246 valence electrons. The molecule has 0 radical (unpaired) electrons. The van der Waals surface area contributed by atoms with Gasteiger partial charge in [0, 0.05) is 27.9 Å². The predicted octanol–water partition coefficient (Wildman–Crippen LogP) is 14.2. The van der Waals surface area contributed by atoms with E-state index in [0.717, 1.165) is 61.6 Å². The first-order valence-electron chi connectivity index (χ1n) is 17.7. The molecule has 0 N–H and O–H groups in total. The van der Waals surface area contributed by atoms with E-state index in [1.54, 1.807) is 0 Å². The minimum Gasteiger partial charge on any atom is -0.456 e. The highest BCUT2D eigenvalue weighted by molar-refractivity contribution is 5.92. The van der Waals surface area contributed by atoms with Crippen LogP contribution in [-0.4, -0.2) is 0 Å². The molecule has 0 aliphatic carbocycles. The molecule has 0 aliphatic rings. The highest BCUT2D eigenvalue weighted by Crippen LogP contribution is 2.43. The molecule has 2 heteroatoms. The quantitative estimate of drug-likeness (QED) is 0.161. The molecule has 9 rings (SSSR count). The van der Waals surface area contributed by atoms with Crippen LogP contribution in [0.3, 0.4) is 0 Å². The normalized spacial score (nSPS) is 11.1. The molecule has 1 aromatic heterocycles. The molecule has 8 aromatic carbocycles. The second-order valence-corrected chi connectivity index (χ2v) is 13.0. The van der Waals surface area contributed by atoms with Crippen LogP contribution >= 0.6 is 0 Å². The van der Waals surface area contributed by atoms with Crippen LogP contribution in [0, 0.1) is 0 Å². The number of hydrogen-bond acceptors (Lipinski definition) is 2. The molecule has 0 aliphatic heterocycles. The van der Waals surface area contributed by atoms with E-state index in [1.807, 2.05) is 12.1 Å². The van der Waals surface area contributed by atoms with Crippen LogP contribution in [0.5, 0.6) is 0 Å². The highest BCUT2D eigenvalue weighted by atomic mass is 16.3. The van der Waals surface area contributed by atoms with Crippen LogP contribution in [0.15, 0.2) is 217 Å². The molecule has 0 bridgehead atoms. The summed E-state index contributed by atoms with van der Waals surface area (Å²) in [6, 6.07) is 75.2. The number of anilines is 3. The standard InChI is InChI=1S/C50H35NO/c1-4-14-36(15-5-1)37-24-26-40(27-25-37)46-21-11-12-22-48(46)51(43-19-8-3-9-20-43)44-31-28-38(29-32-44)41-30-33-45(39-16-6-2-7-17-39)47(34-41)50-35-42-18-10-13-23-49(42)52-50/h1-35H. The Balaban J connectivity index is 1.11. The smallest absolute Gasteiger partial charge is 0.136 e. The van der Waals surface area contributed by atoms with Crippen molar-refractivity contribution in [1.82, 2.24) is 0 Å². The Hall–Kier alpha value is -6.90. The lowest BCUT2D eigenvalue weighted by Crippen LogP contribution is -2.11. The predicted molar refractivity (Wildman–Crippen MR) is 218 cm³/mol. The molecular weight excluding hydrogens is 631 g/mol. The summed E-state index contributed by atoms with van der Waals surface area (Å²) in [5, 5.41) is 1.10. The third-order valence-corrected chi connectivity index (χ3v) is 9.72. The van der Waals surface area contributed by atoms with Crippen LogP contribution < -0.4 is 4.90 Å². The summed E-state index contributed by atoms with van der Waals surface area (Å²) in [6.45, 7) is 0. The van der Waals surface area contributed by atoms with Crippen molar-refractivity contribution >= 4 is 28.0 Å². The van der Waals surface area contributed by atoms with E-state index in [1.165, 1.54) is 22.3 Å². The van der Waals surface area contributed by atoms with Crippen molar-refractivity contribution in [2.75, 3.05) is 4.90 Å². The van der Waals surface area contributed by atoms with Crippen molar-refractivity contribution < 1.29 is 4.42 Å². The minimum atomic E-state index is 0.863. The van der Waals surface area contributed by atoms with Gasteiger partial charge in [0.25, 0.3) is 0 Å². The number of rotatable bonds is 8. The zero-order chi connectivity index (χ0) is 34.7. The molecule has 0 saturated heterocycles. The number of benzene rings is 8. The zero-order valence-corrected chi connectivity index (χ0v) is 28.6. The molecule has 2 nitrogen and oxygen atoms in total. The largest absolute Gasteiger partial charge is 0.456 e. The average molecular weight is 666 g/mol. The van der Waals surface area contributed by atoms with Crippen LogP contribution in [0.25, 0.3) is 66.8 Å². The second-order valence-electron chi connectivity index (χ2n) is 13.0. The van der Waals surface area contributed by atoms with Gasteiger partial charge in [-0.1, -0.05) is 164 Å². The molecule has 0 fully saturated rings. The summed E-state index contributed by atoms with van der Waals surface area (Å²) >= 11 is 0. The van der Waals surface area contributed by atoms with Gasteiger partial charge in [-0.2, -0.15) is 0 Å². The summed E-state index contributed by atoms with van der Waals surface area (Å²) in [7, 11) is 0. The third-order valence-electron chi connectivity index (χ3n) is 9.72.